The lowest BCUT2D eigenvalue weighted by Crippen LogP contribution is -2.51. The molecule has 2 aliphatic heterocycles. The van der Waals surface area contributed by atoms with Crippen molar-refractivity contribution in [3.05, 3.63) is 60.9 Å². The molecule has 192 valence electrons. The molecule has 0 spiro atoms. The van der Waals surface area contributed by atoms with E-state index in [1.54, 1.807) is 12.4 Å². The van der Waals surface area contributed by atoms with Crippen LogP contribution in [0.4, 0.5) is 0 Å². The molecule has 0 aliphatic carbocycles. The van der Waals surface area contributed by atoms with Crippen LogP contribution in [0.5, 0.6) is 0 Å². The lowest BCUT2D eigenvalue weighted by molar-refractivity contribution is -0.0588. The Balaban J connectivity index is 1.31. The monoisotopic (exact) mass is 516 g/mol. The number of aliphatic hydroxyl groups excluding tert-OH is 1. The normalized spacial score (nSPS) is 20.7. The number of nitriles is 1. The molecular formula is C27H32N8OS. The number of piperidine rings is 1. The third-order valence-corrected chi connectivity index (χ3v) is 8.33. The van der Waals surface area contributed by atoms with Gasteiger partial charge in [0.1, 0.15) is 17.3 Å². The molecule has 1 unspecified atom stereocenters. The predicted octanol–water partition coefficient (Wildman–Crippen LogP) is 3.36. The van der Waals surface area contributed by atoms with Gasteiger partial charge in [0, 0.05) is 59.9 Å². The fraction of sp³-hybridized carbons (Fsp3) is 0.407. The summed E-state index contributed by atoms with van der Waals surface area (Å²) in [6.45, 7) is 2.77. The van der Waals surface area contributed by atoms with Gasteiger partial charge in [0.05, 0.1) is 23.5 Å². The first-order valence-electron chi connectivity index (χ1n) is 12.7. The quantitative estimate of drug-likeness (QED) is 0.455. The average molecular weight is 517 g/mol. The van der Waals surface area contributed by atoms with Crippen molar-refractivity contribution in [2.45, 2.75) is 53.9 Å². The maximum atomic E-state index is 10.9. The Bertz CT molecular complexity index is 1280. The van der Waals surface area contributed by atoms with Crippen LogP contribution in [0.2, 0.25) is 0 Å². The van der Waals surface area contributed by atoms with Gasteiger partial charge in [-0.2, -0.15) is 10.4 Å². The molecule has 5 heterocycles. The van der Waals surface area contributed by atoms with Gasteiger partial charge in [-0.3, -0.25) is 19.5 Å². The van der Waals surface area contributed by atoms with Crippen LogP contribution in [0.15, 0.2) is 65.2 Å². The number of aromatic nitrogens is 4. The SMILES string of the molecule is CN1CCC[C@@H]1C(O)N1CCC(n2cc(-c3cnc(/C(C#N)=C\N)c(Sc4ccccn4)c3)cn2)CC1. The Morgan fingerprint density at radius 3 is 2.70 bits per heavy atom. The summed E-state index contributed by atoms with van der Waals surface area (Å²) in [6, 6.07) is 10.4. The van der Waals surface area contributed by atoms with Gasteiger partial charge in [-0.1, -0.05) is 17.8 Å². The Kier molecular flexibility index (Phi) is 7.86. The van der Waals surface area contributed by atoms with E-state index in [9.17, 15) is 10.4 Å². The Morgan fingerprint density at radius 1 is 1.19 bits per heavy atom. The number of nitrogens with two attached hydrogens (primary N) is 1. The molecule has 0 saturated carbocycles. The molecule has 10 heteroatoms. The zero-order valence-electron chi connectivity index (χ0n) is 20.9. The fourth-order valence-corrected chi connectivity index (χ4v) is 6.16. The third kappa shape index (κ3) is 5.55. The van der Waals surface area contributed by atoms with E-state index in [-0.39, 0.29) is 6.04 Å². The lowest BCUT2D eigenvalue weighted by atomic mass is 10.0. The molecule has 2 atom stereocenters. The van der Waals surface area contributed by atoms with Crippen LogP contribution < -0.4 is 5.73 Å². The summed E-state index contributed by atoms with van der Waals surface area (Å²) >= 11 is 1.45. The van der Waals surface area contributed by atoms with Crippen molar-refractivity contribution in [2.24, 2.45) is 5.73 Å². The first-order valence-corrected chi connectivity index (χ1v) is 13.5. The van der Waals surface area contributed by atoms with Gasteiger partial charge in [-0.15, -0.1) is 0 Å². The zero-order valence-corrected chi connectivity index (χ0v) is 21.8. The highest BCUT2D eigenvalue weighted by atomic mass is 32.2. The van der Waals surface area contributed by atoms with Crippen LogP contribution in [0.25, 0.3) is 16.7 Å². The van der Waals surface area contributed by atoms with Gasteiger partial charge >= 0.3 is 0 Å². The zero-order chi connectivity index (χ0) is 25.8. The van der Waals surface area contributed by atoms with E-state index in [4.69, 9.17) is 5.73 Å². The summed E-state index contributed by atoms with van der Waals surface area (Å²) in [4.78, 5) is 14.3. The average Bonchev–Trinajstić information content (AvgIpc) is 3.60. The largest absolute Gasteiger partial charge is 0.403 e. The molecule has 2 aliphatic rings. The molecule has 0 amide bonds. The molecule has 0 aromatic carbocycles. The number of rotatable bonds is 7. The molecule has 3 aromatic heterocycles. The molecule has 9 nitrogen and oxygen atoms in total. The molecule has 0 radical (unpaired) electrons. The molecule has 2 saturated heterocycles. The van der Waals surface area contributed by atoms with Gasteiger partial charge in [-0.05, 0) is 57.5 Å². The predicted molar refractivity (Wildman–Crippen MR) is 143 cm³/mol. The number of nitrogens with zero attached hydrogens (tertiary/aromatic N) is 7. The Labute approximate surface area is 221 Å². The minimum Gasteiger partial charge on any atom is -0.403 e. The van der Waals surface area contributed by atoms with E-state index >= 15 is 0 Å². The first-order chi connectivity index (χ1) is 18.1. The topological polar surface area (TPSA) is 120 Å². The number of likely N-dealkylation sites (tertiary alicyclic amines) is 2. The van der Waals surface area contributed by atoms with Gasteiger partial charge in [-0.25, -0.2) is 4.98 Å². The number of hydrogen-bond acceptors (Lipinski definition) is 9. The number of aliphatic hydroxyl groups is 1. The molecular weight excluding hydrogens is 484 g/mol. The molecule has 3 N–H and O–H groups in total. The smallest absolute Gasteiger partial charge is 0.123 e. The number of likely N-dealkylation sites (N-methyl/N-ethyl adjacent to an activating group) is 1. The van der Waals surface area contributed by atoms with Crippen molar-refractivity contribution in [3.8, 4) is 17.2 Å². The molecule has 37 heavy (non-hydrogen) atoms. The standard InChI is InChI=1S/C27H32N8OS/c1-33-10-4-5-23(33)27(36)34-11-7-22(8-12-34)35-18-21(17-32-35)19-13-24(37-25-6-2-3-9-30-25)26(31-16-19)20(14-28)15-29/h2-3,6,9,13-14,16-18,22-23,27,36H,4-5,7-8,10-12,28H2,1H3/b20-14-/t23-,27?/m1/s1. The van der Waals surface area contributed by atoms with Crippen molar-refractivity contribution in [1.82, 2.24) is 29.5 Å². The molecule has 2 fully saturated rings. The molecule has 5 rings (SSSR count). The van der Waals surface area contributed by atoms with Gasteiger partial charge in [0.25, 0.3) is 0 Å². The number of hydrogen-bond donors (Lipinski definition) is 2. The van der Waals surface area contributed by atoms with Crippen molar-refractivity contribution in [1.29, 1.82) is 5.26 Å². The third-order valence-electron chi connectivity index (χ3n) is 7.35. The van der Waals surface area contributed by atoms with Crippen LogP contribution in [-0.2, 0) is 0 Å². The van der Waals surface area contributed by atoms with Crippen molar-refractivity contribution in [2.75, 3.05) is 26.7 Å². The summed E-state index contributed by atoms with van der Waals surface area (Å²) in [5.41, 5.74) is 8.44. The van der Waals surface area contributed by atoms with Crippen LogP contribution in [0.1, 0.15) is 37.4 Å². The van der Waals surface area contributed by atoms with E-state index in [0.717, 1.165) is 66.4 Å². The maximum Gasteiger partial charge on any atom is 0.123 e. The second-order valence-electron chi connectivity index (χ2n) is 9.61. The van der Waals surface area contributed by atoms with Crippen molar-refractivity contribution < 1.29 is 5.11 Å². The van der Waals surface area contributed by atoms with Crippen LogP contribution in [0, 0.1) is 11.3 Å². The Morgan fingerprint density at radius 2 is 2.03 bits per heavy atom. The Hall–Kier alpha value is -3.23. The second kappa shape index (κ2) is 11.4. The highest BCUT2D eigenvalue weighted by molar-refractivity contribution is 7.99. The van der Waals surface area contributed by atoms with Gasteiger partial charge < -0.3 is 10.8 Å². The van der Waals surface area contributed by atoms with Crippen molar-refractivity contribution in [3.63, 3.8) is 0 Å². The van der Waals surface area contributed by atoms with E-state index in [1.807, 2.05) is 35.1 Å². The summed E-state index contributed by atoms with van der Waals surface area (Å²) in [5.74, 6) is 0. The first kappa shape index (κ1) is 25.4. The summed E-state index contributed by atoms with van der Waals surface area (Å²) in [6.07, 6.45) is 12.4. The van der Waals surface area contributed by atoms with Gasteiger partial charge in [0.15, 0.2) is 0 Å². The van der Waals surface area contributed by atoms with E-state index in [2.05, 4.69) is 44.2 Å². The molecule has 3 aromatic rings. The number of allylic oxidation sites excluding steroid dienone is 1. The molecule has 0 bridgehead atoms. The van der Waals surface area contributed by atoms with E-state index in [1.165, 1.54) is 18.0 Å². The maximum absolute atomic E-state index is 10.9. The minimum atomic E-state index is -0.401. The second-order valence-corrected chi connectivity index (χ2v) is 10.7. The summed E-state index contributed by atoms with van der Waals surface area (Å²) in [5, 5.41) is 25.9. The lowest BCUT2D eigenvalue weighted by Gasteiger charge is -2.39. The summed E-state index contributed by atoms with van der Waals surface area (Å²) in [7, 11) is 2.11. The summed E-state index contributed by atoms with van der Waals surface area (Å²) < 4.78 is 2.04. The number of pyridine rings is 2. The van der Waals surface area contributed by atoms with Crippen LogP contribution in [0.3, 0.4) is 0 Å². The van der Waals surface area contributed by atoms with E-state index < -0.39 is 6.23 Å². The van der Waals surface area contributed by atoms with E-state index in [0.29, 0.717) is 17.3 Å². The van der Waals surface area contributed by atoms with Gasteiger partial charge in [0.2, 0.25) is 0 Å². The van der Waals surface area contributed by atoms with Crippen molar-refractivity contribution >= 4 is 17.3 Å². The highest BCUT2D eigenvalue weighted by Crippen LogP contribution is 2.35. The fourth-order valence-electron chi connectivity index (χ4n) is 5.23. The van der Waals surface area contributed by atoms with Crippen LogP contribution >= 0.6 is 11.8 Å². The highest BCUT2D eigenvalue weighted by Gasteiger charge is 2.34. The minimum absolute atomic E-state index is 0.233. The van der Waals surface area contributed by atoms with Crippen LogP contribution in [-0.4, -0.2) is 73.6 Å².